The molecule has 0 saturated heterocycles. The van der Waals surface area contributed by atoms with Gasteiger partial charge in [-0.1, -0.05) is 83.4 Å². The number of rotatable bonds is 4. The van der Waals surface area contributed by atoms with Crippen molar-refractivity contribution in [3.05, 3.63) is 107 Å². The maximum absolute atomic E-state index is 6.39. The first-order valence-electron chi connectivity index (χ1n) is 10.5. The number of aryl methyl sites for hydroxylation is 2. The molecule has 2 aromatic heterocycles. The first kappa shape index (κ1) is 20.2. The molecule has 0 bridgehead atoms. The minimum atomic E-state index is 0.653. The van der Waals surface area contributed by atoms with Gasteiger partial charge < -0.3 is 4.42 Å². The van der Waals surface area contributed by atoms with Crippen LogP contribution in [0.4, 0.5) is 0 Å². The second-order valence-electron chi connectivity index (χ2n) is 7.87. The van der Waals surface area contributed by atoms with Crippen molar-refractivity contribution in [2.75, 3.05) is 0 Å². The normalized spacial score (nSPS) is 11.0. The van der Waals surface area contributed by atoms with Gasteiger partial charge in [-0.25, -0.2) is 0 Å². The highest BCUT2D eigenvalue weighted by molar-refractivity contribution is 6.33. The van der Waals surface area contributed by atoms with Crippen LogP contribution in [0, 0.1) is 13.8 Å². The summed E-state index contributed by atoms with van der Waals surface area (Å²) in [6, 6.07) is 30.2. The van der Waals surface area contributed by atoms with Gasteiger partial charge in [-0.05, 0) is 44.2 Å². The molecule has 5 rings (SSSR count). The maximum atomic E-state index is 6.39. The maximum Gasteiger partial charge on any atom is 0.137 e. The minimum Gasteiger partial charge on any atom is -0.456 e. The molecule has 2 heterocycles. The van der Waals surface area contributed by atoms with Crippen LogP contribution >= 0.6 is 11.6 Å². The molecule has 0 atom stereocenters. The predicted octanol–water partition coefficient (Wildman–Crippen LogP) is 8.01. The molecule has 0 aliphatic carbocycles. The molecule has 0 aliphatic heterocycles. The van der Waals surface area contributed by atoms with Gasteiger partial charge in [-0.3, -0.25) is 0 Å². The average Bonchev–Trinajstić information content (AvgIpc) is 3.30. The van der Waals surface area contributed by atoms with Crippen molar-refractivity contribution in [2.24, 2.45) is 0 Å². The second-order valence-corrected chi connectivity index (χ2v) is 8.27. The Morgan fingerprint density at radius 1 is 0.625 bits per heavy atom. The summed E-state index contributed by atoms with van der Waals surface area (Å²) in [6.45, 7) is 4.14. The molecule has 32 heavy (non-hydrogen) atoms. The summed E-state index contributed by atoms with van der Waals surface area (Å²) in [5.74, 6) is 1.44. The molecule has 0 radical (unpaired) electrons. The zero-order chi connectivity index (χ0) is 22.1. The van der Waals surface area contributed by atoms with E-state index in [1.54, 1.807) is 0 Å². The molecule has 0 aliphatic rings. The number of halogens is 1. The molecule has 3 aromatic carbocycles. The molecule has 4 heteroatoms. The van der Waals surface area contributed by atoms with Crippen molar-refractivity contribution in [3.8, 4) is 45.2 Å². The van der Waals surface area contributed by atoms with Gasteiger partial charge in [0.2, 0.25) is 0 Å². The molecule has 156 valence electrons. The molecule has 0 amide bonds. The lowest BCUT2D eigenvalue weighted by molar-refractivity contribution is 0.597. The van der Waals surface area contributed by atoms with E-state index < -0.39 is 0 Å². The zero-order valence-electron chi connectivity index (χ0n) is 17.8. The number of nitrogens with zero attached hydrogens (tertiary/aromatic N) is 2. The van der Waals surface area contributed by atoms with Gasteiger partial charge in [0.05, 0.1) is 10.7 Å². The first-order chi connectivity index (χ1) is 15.6. The molecule has 0 fully saturated rings. The number of benzene rings is 3. The third-order valence-electron chi connectivity index (χ3n) is 5.48. The first-order valence-corrected chi connectivity index (χ1v) is 10.8. The van der Waals surface area contributed by atoms with Gasteiger partial charge in [0.25, 0.3) is 0 Å². The van der Waals surface area contributed by atoms with Crippen LogP contribution < -0.4 is 0 Å². The topological polar surface area (TPSA) is 38.9 Å². The van der Waals surface area contributed by atoms with Crippen LogP contribution in [0.5, 0.6) is 0 Å². The van der Waals surface area contributed by atoms with Gasteiger partial charge >= 0.3 is 0 Å². The van der Waals surface area contributed by atoms with Crippen molar-refractivity contribution < 1.29 is 4.42 Å². The Bertz CT molecular complexity index is 1390. The quantitative estimate of drug-likeness (QED) is 0.286. The van der Waals surface area contributed by atoms with Gasteiger partial charge in [-0.2, -0.15) is 0 Å². The highest BCUT2D eigenvalue weighted by Gasteiger charge is 2.17. The zero-order valence-corrected chi connectivity index (χ0v) is 18.6. The van der Waals surface area contributed by atoms with Crippen LogP contribution in [0.2, 0.25) is 5.02 Å². The van der Waals surface area contributed by atoms with E-state index in [0.29, 0.717) is 10.8 Å². The van der Waals surface area contributed by atoms with E-state index in [0.717, 1.165) is 39.4 Å². The fourth-order valence-electron chi connectivity index (χ4n) is 3.66. The summed E-state index contributed by atoms with van der Waals surface area (Å²) in [4.78, 5) is 0. The van der Waals surface area contributed by atoms with Gasteiger partial charge in [-0.15, -0.1) is 10.2 Å². The van der Waals surface area contributed by atoms with Crippen LogP contribution in [0.1, 0.15) is 11.1 Å². The highest BCUT2D eigenvalue weighted by Crippen LogP contribution is 2.37. The van der Waals surface area contributed by atoms with Crippen molar-refractivity contribution in [1.82, 2.24) is 10.2 Å². The molecule has 0 saturated carbocycles. The molecular formula is C28H21ClN2O. The lowest BCUT2D eigenvalue weighted by atomic mass is 10.0. The fourth-order valence-corrected chi connectivity index (χ4v) is 3.89. The minimum absolute atomic E-state index is 0.653. The summed E-state index contributed by atoms with van der Waals surface area (Å²) in [7, 11) is 0. The third kappa shape index (κ3) is 3.95. The Kier molecular flexibility index (Phi) is 5.34. The Balaban J connectivity index is 1.66. The molecule has 3 nitrogen and oxygen atoms in total. The van der Waals surface area contributed by atoms with Crippen molar-refractivity contribution in [2.45, 2.75) is 13.8 Å². The smallest absolute Gasteiger partial charge is 0.137 e. The Labute approximate surface area is 192 Å². The van der Waals surface area contributed by atoms with E-state index in [2.05, 4.69) is 72.6 Å². The predicted molar refractivity (Wildman–Crippen MR) is 131 cm³/mol. The van der Waals surface area contributed by atoms with E-state index in [1.165, 1.54) is 11.1 Å². The van der Waals surface area contributed by atoms with Gasteiger partial charge in [0, 0.05) is 22.3 Å². The fraction of sp³-hybridized carbons (Fsp3) is 0.0714. The summed E-state index contributed by atoms with van der Waals surface area (Å²) in [6.07, 6.45) is 0. The number of furan rings is 1. The molecule has 0 N–H and O–H groups in total. The van der Waals surface area contributed by atoms with E-state index in [1.807, 2.05) is 42.5 Å². The standard InChI is InChI=1S/C28H21ClN2O/c1-18-7-11-20(12-8-18)25-17-23(28(31-30-25)21-13-9-19(2)10-14-21)27-16-15-26(32-27)22-5-3-4-6-24(22)29/h3-17H,1-2H3. The lowest BCUT2D eigenvalue weighted by Crippen LogP contribution is -1.95. The molecule has 0 unspecified atom stereocenters. The molecule has 0 spiro atoms. The Hall–Kier alpha value is -3.69. The number of hydrogen-bond acceptors (Lipinski definition) is 3. The van der Waals surface area contributed by atoms with Crippen molar-refractivity contribution >= 4 is 11.6 Å². The van der Waals surface area contributed by atoms with Crippen LogP contribution in [-0.4, -0.2) is 10.2 Å². The van der Waals surface area contributed by atoms with Gasteiger partial charge in [0.1, 0.15) is 17.2 Å². The average molecular weight is 437 g/mol. The largest absolute Gasteiger partial charge is 0.456 e. The lowest BCUT2D eigenvalue weighted by Gasteiger charge is -2.10. The summed E-state index contributed by atoms with van der Waals surface area (Å²) in [5.41, 5.74) is 7.72. The van der Waals surface area contributed by atoms with Crippen LogP contribution in [0.25, 0.3) is 45.2 Å². The molecule has 5 aromatic rings. The van der Waals surface area contributed by atoms with E-state index in [4.69, 9.17) is 16.0 Å². The van der Waals surface area contributed by atoms with E-state index in [-0.39, 0.29) is 0 Å². The Morgan fingerprint density at radius 3 is 1.88 bits per heavy atom. The SMILES string of the molecule is Cc1ccc(-c2cc(-c3ccc(-c4ccccc4Cl)o3)c(-c3ccc(C)cc3)nn2)cc1. The summed E-state index contributed by atoms with van der Waals surface area (Å²) < 4.78 is 6.28. The van der Waals surface area contributed by atoms with Crippen LogP contribution in [-0.2, 0) is 0 Å². The Morgan fingerprint density at radius 2 is 1.22 bits per heavy atom. The van der Waals surface area contributed by atoms with Crippen molar-refractivity contribution in [1.29, 1.82) is 0 Å². The summed E-state index contributed by atoms with van der Waals surface area (Å²) in [5, 5.41) is 9.80. The monoisotopic (exact) mass is 436 g/mol. The number of aromatic nitrogens is 2. The van der Waals surface area contributed by atoms with Crippen molar-refractivity contribution in [3.63, 3.8) is 0 Å². The van der Waals surface area contributed by atoms with Gasteiger partial charge in [0.15, 0.2) is 0 Å². The molecular weight excluding hydrogens is 416 g/mol. The van der Waals surface area contributed by atoms with Crippen LogP contribution in [0.3, 0.4) is 0 Å². The number of hydrogen-bond donors (Lipinski definition) is 0. The highest BCUT2D eigenvalue weighted by atomic mass is 35.5. The second kappa shape index (κ2) is 8.45. The van der Waals surface area contributed by atoms with E-state index >= 15 is 0 Å². The van der Waals surface area contributed by atoms with Crippen LogP contribution in [0.15, 0.2) is 95.4 Å². The van der Waals surface area contributed by atoms with E-state index in [9.17, 15) is 0 Å². The third-order valence-corrected chi connectivity index (χ3v) is 5.81. The summed E-state index contributed by atoms with van der Waals surface area (Å²) >= 11 is 6.39.